The van der Waals surface area contributed by atoms with Crippen molar-refractivity contribution in [2.75, 3.05) is 47.5 Å². The number of ether oxygens (including phenoxy) is 3. The van der Waals surface area contributed by atoms with Gasteiger partial charge in [0.05, 0.1) is 21.3 Å². The number of hydrogen-bond acceptors (Lipinski definition) is 6. The predicted octanol–water partition coefficient (Wildman–Crippen LogP) is 3.50. The molecule has 1 saturated heterocycles. The molecule has 1 fully saturated rings. The molecule has 0 spiro atoms. The number of rotatable bonds is 7. The molecule has 1 aliphatic rings. The molecule has 0 bridgehead atoms. The highest BCUT2D eigenvalue weighted by atomic mass is 79.9. The van der Waals surface area contributed by atoms with Crippen LogP contribution < -0.4 is 14.2 Å². The van der Waals surface area contributed by atoms with Crippen LogP contribution in [0.1, 0.15) is 11.1 Å². The summed E-state index contributed by atoms with van der Waals surface area (Å²) in [5.74, 6) is 2.53. The quantitative estimate of drug-likeness (QED) is 0.696. The molecule has 1 heterocycles. The molecule has 2 aromatic carbocycles. The summed E-state index contributed by atoms with van der Waals surface area (Å²) in [5, 5.41) is 10.1. The topological polar surface area (TPSA) is 54.4 Å². The van der Waals surface area contributed by atoms with Gasteiger partial charge in [0.25, 0.3) is 0 Å². The van der Waals surface area contributed by atoms with Crippen LogP contribution in [0.15, 0.2) is 34.8 Å². The summed E-state index contributed by atoms with van der Waals surface area (Å²) in [5.41, 5.74) is 2.03. The highest BCUT2D eigenvalue weighted by Gasteiger charge is 2.20. The van der Waals surface area contributed by atoms with Crippen LogP contribution in [-0.2, 0) is 13.1 Å². The molecule has 7 heteroatoms. The Hall–Kier alpha value is -1.96. The third kappa shape index (κ3) is 4.90. The average Bonchev–Trinajstić information content (AvgIpc) is 2.71. The normalized spacial score (nSPS) is 15.4. The molecule has 1 aliphatic heterocycles. The summed E-state index contributed by atoms with van der Waals surface area (Å²) in [6, 6.07) is 9.44. The zero-order valence-electron chi connectivity index (χ0n) is 16.6. The summed E-state index contributed by atoms with van der Waals surface area (Å²) in [7, 11) is 4.94. The van der Waals surface area contributed by atoms with E-state index < -0.39 is 0 Å². The molecule has 0 aromatic heterocycles. The first-order chi connectivity index (χ1) is 13.5. The molecule has 1 N–H and O–H groups in total. The van der Waals surface area contributed by atoms with Gasteiger partial charge in [0.1, 0.15) is 11.5 Å². The van der Waals surface area contributed by atoms with Gasteiger partial charge in [-0.3, -0.25) is 9.80 Å². The summed E-state index contributed by atoms with van der Waals surface area (Å²) >= 11 is 3.47. The smallest absolute Gasteiger partial charge is 0.164 e. The summed E-state index contributed by atoms with van der Waals surface area (Å²) in [6.07, 6.45) is 0. The van der Waals surface area contributed by atoms with E-state index in [1.807, 2.05) is 24.3 Å². The third-order valence-electron chi connectivity index (χ3n) is 5.08. The van der Waals surface area contributed by atoms with Gasteiger partial charge in [-0.25, -0.2) is 0 Å². The van der Waals surface area contributed by atoms with Crippen LogP contribution in [0.2, 0.25) is 0 Å². The largest absolute Gasteiger partial charge is 0.508 e. The molecule has 0 amide bonds. The van der Waals surface area contributed by atoms with Gasteiger partial charge in [-0.1, -0.05) is 15.9 Å². The van der Waals surface area contributed by atoms with Gasteiger partial charge < -0.3 is 19.3 Å². The molecule has 0 unspecified atom stereocenters. The van der Waals surface area contributed by atoms with E-state index >= 15 is 0 Å². The maximum Gasteiger partial charge on any atom is 0.164 e. The standard InChI is InChI=1S/C21H27BrN2O4/c1-26-19-12-21(28-3)20(27-2)11-16(19)14-24-8-6-23(7-9-24)13-15-10-17(22)4-5-18(15)25/h4-5,10-12,25H,6-9,13-14H2,1-3H3. The number of hydrogen-bond donors (Lipinski definition) is 1. The fourth-order valence-electron chi connectivity index (χ4n) is 3.48. The van der Waals surface area contributed by atoms with E-state index in [1.165, 1.54) is 0 Å². The predicted molar refractivity (Wildman–Crippen MR) is 112 cm³/mol. The Labute approximate surface area is 174 Å². The fourth-order valence-corrected chi connectivity index (χ4v) is 3.89. The van der Waals surface area contributed by atoms with E-state index in [0.717, 1.165) is 60.6 Å². The van der Waals surface area contributed by atoms with E-state index in [0.29, 0.717) is 17.2 Å². The minimum absolute atomic E-state index is 0.348. The van der Waals surface area contributed by atoms with Crippen molar-refractivity contribution in [3.63, 3.8) is 0 Å². The van der Waals surface area contributed by atoms with Crippen molar-refractivity contribution in [3.8, 4) is 23.0 Å². The molecule has 6 nitrogen and oxygen atoms in total. The summed E-state index contributed by atoms with van der Waals surface area (Å²) < 4.78 is 17.3. The van der Waals surface area contributed by atoms with Crippen molar-refractivity contribution in [1.29, 1.82) is 0 Å². The number of phenolic OH excluding ortho intramolecular Hbond substituents is 1. The van der Waals surface area contributed by atoms with Crippen molar-refractivity contribution in [2.45, 2.75) is 13.1 Å². The van der Waals surface area contributed by atoms with E-state index in [-0.39, 0.29) is 0 Å². The Morgan fingerprint density at radius 1 is 0.786 bits per heavy atom. The Balaban J connectivity index is 1.62. The highest BCUT2D eigenvalue weighted by molar-refractivity contribution is 9.10. The lowest BCUT2D eigenvalue weighted by atomic mass is 10.1. The number of halogens is 1. The molecule has 0 saturated carbocycles. The van der Waals surface area contributed by atoms with Crippen LogP contribution in [0.25, 0.3) is 0 Å². The van der Waals surface area contributed by atoms with E-state index in [4.69, 9.17) is 14.2 Å². The number of benzene rings is 2. The third-order valence-corrected chi connectivity index (χ3v) is 5.57. The van der Waals surface area contributed by atoms with Crippen LogP contribution in [0.3, 0.4) is 0 Å². The van der Waals surface area contributed by atoms with Gasteiger partial charge >= 0.3 is 0 Å². The first kappa shape index (κ1) is 20.8. The van der Waals surface area contributed by atoms with Crippen molar-refractivity contribution in [3.05, 3.63) is 45.9 Å². The van der Waals surface area contributed by atoms with Crippen molar-refractivity contribution in [2.24, 2.45) is 0 Å². The fraction of sp³-hybridized carbons (Fsp3) is 0.429. The molecule has 2 aromatic rings. The van der Waals surface area contributed by atoms with Crippen molar-refractivity contribution in [1.82, 2.24) is 9.80 Å². The molecular weight excluding hydrogens is 424 g/mol. The van der Waals surface area contributed by atoms with Crippen LogP contribution in [0.5, 0.6) is 23.0 Å². The van der Waals surface area contributed by atoms with Gasteiger partial charge in [0.15, 0.2) is 11.5 Å². The maximum atomic E-state index is 10.1. The lowest BCUT2D eigenvalue weighted by molar-refractivity contribution is 0.120. The van der Waals surface area contributed by atoms with Crippen LogP contribution >= 0.6 is 15.9 Å². The molecular formula is C21H27BrN2O4. The van der Waals surface area contributed by atoms with Crippen LogP contribution in [0.4, 0.5) is 0 Å². The first-order valence-electron chi connectivity index (χ1n) is 9.25. The minimum Gasteiger partial charge on any atom is -0.508 e. The van der Waals surface area contributed by atoms with Gasteiger partial charge in [-0.2, -0.15) is 0 Å². The van der Waals surface area contributed by atoms with E-state index in [2.05, 4.69) is 25.7 Å². The summed E-state index contributed by atoms with van der Waals surface area (Å²) in [4.78, 5) is 4.77. The van der Waals surface area contributed by atoms with Crippen molar-refractivity contribution < 1.29 is 19.3 Å². The van der Waals surface area contributed by atoms with Gasteiger partial charge in [-0.15, -0.1) is 0 Å². The highest BCUT2D eigenvalue weighted by Crippen LogP contribution is 2.35. The molecule has 0 atom stereocenters. The molecule has 0 radical (unpaired) electrons. The number of piperazine rings is 1. The number of phenols is 1. The molecule has 3 rings (SSSR count). The minimum atomic E-state index is 0.348. The maximum absolute atomic E-state index is 10.1. The van der Waals surface area contributed by atoms with Crippen LogP contribution in [-0.4, -0.2) is 62.4 Å². The Bertz CT molecular complexity index is 807. The van der Waals surface area contributed by atoms with Gasteiger partial charge in [-0.05, 0) is 24.3 Å². The first-order valence-corrected chi connectivity index (χ1v) is 10.0. The SMILES string of the molecule is COc1cc(OC)c(OC)cc1CN1CCN(Cc2cc(Br)ccc2O)CC1. The van der Waals surface area contributed by atoms with Gasteiger partial charge in [0, 0.05) is 60.9 Å². The van der Waals surface area contributed by atoms with E-state index in [9.17, 15) is 5.11 Å². The molecule has 0 aliphatic carbocycles. The lowest BCUT2D eigenvalue weighted by Gasteiger charge is -2.35. The lowest BCUT2D eigenvalue weighted by Crippen LogP contribution is -2.45. The van der Waals surface area contributed by atoms with E-state index in [1.54, 1.807) is 27.4 Å². The van der Waals surface area contributed by atoms with Crippen molar-refractivity contribution >= 4 is 15.9 Å². The summed E-state index contributed by atoms with van der Waals surface area (Å²) in [6.45, 7) is 5.33. The van der Waals surface area contributed by atoms with Crippen LogP contribution in [0, 0.1) is 0 Å². The second kappa shape index (κ2) is 9.49. The second-order valence-electron chi connectivity index (χ2n) is 6.84. The van der Waals surface area contributed by atoms with Gasteiger partial charge in [0.2, 0.25) is 0 Å². The monoisotopic (exact) mass is 450 g/mol. The number of aromatic hydroxyl groups is 1. The zero-order chi connectivity index (χ0) is 20.1. The Morgan fingerprint density at radius 3 is 1.89 bits per heavy atom. The number of methoxy groups -OCH3 is 3. The zero-order valence-corrected chi connectivity index (χ0v) is 18.2. The Morgan fingerprint density at radius 2 is 1.32 bits per heavy atom. The second-order valence-corrected chi connectivity index (χ2v) is 7.76. The molecule has 152 valence electrons. The average molecular weight is 451 g/mol. The Kier molecular flexibility index (Phi) is 7.04. The molecule has 28 heavy (non-hydrogen) atoms. The number of nitrogens with zero attached hydrogens (tertiary/aromatic N) is 2.